The molecular formula is C15H15Cl2NO5. The second-order valence-corrected chi connectivity index (χ2v) is 5.49. The Morgan fingerprint density at radius 2 is 1.78 bits per heavy atom. The summed E-state index contributed by atoms with van der Waals surface area (Å²) in [6.07, 6.45) is 0. The number of aliphatic carboxylic acids is 1. The van der Waals surface area contributed by atoms with E-state index < -0.39 is 23.9 Å². The molecule has 0 bridgehead atoms. The van der Waals surface area contributed by atoms with Gasteiger partial charge in [-0.15, -0.1) is 0 Å². The van der Waals surface area contributed by atoms with Crippen molar-refractivity contribution in [3.63, 3.8) is 0 Å². The normalized spacial score (nSPS) is 12.9. The number of nitrogens with one attached hydrogen (secondary N) is 1. The van der Waals surface area contributed by atoms with Gasteiger partial charge in [-0.3, -0.25) is 4.79 Å². The highest BCUT2D eigenvalue weighted by Gasteiger charge is 2.27. The van der Waals surface area contributed by atoms with Crippen molar-refractivity contribution in [2.45, 2.75) is 19.9 Å². The number of carboxylic acids is 1. The predicted octanol–water partition coefficient (Wildman–Crippen LogP) is 2.74. The van der Waals surface area contributed by atoms with Crippen LogP contribution in [0, 0.1) is 0 Å². The van der Waals surface area contributed by atoms with Crippen molar-refractivity contribution in [1.29, 1.82) is 0 Å². The van der Waals surface area contributed by atoms with Crippen molar-refractivity contribution in [2.75, 3.05) is 7.11 Å². The zero-order chi connectivity index (χ0) is 17.7. The Balaban J connectivity index is 3.19. The summed E-state index contributed by atoms with van der Waals surface area (Å²) < 4.78 is 4.66. The molecule has 1 atom stereocenters. The third-order valence-corrected chi connectivity index (χ3v) is 3.77. The maximum absolute atomic E-state index is 12.2. The van der Waals surface area contributed by atoms with Gasteiger partial charge >= 0.3 is 11.9 Å². The molecule has 0 aliphatic rings. The van der Waals surface area contributed by atoms with Crippen LogP contribution < -0.4 is 5.32 Å². The first kappa shape index (κ1) is 19.0. The lowest BCUT2D eigenvalue weighted by Gasteiger charge is -2.18. The Hall–Kier alpha value is -2.05. The smallest absolute Gasteiger partial charge is 0.333 e. The number of amides is 1. The molecule has 0 heterocycles. The molecule has 0 saturated heterocycles. The first-order valence-corrected chi connectivity index (χ1v) is 7.19. The summed E-state index contributed by atoms with van der Waals surface area (Å²) in [5.41, 5.74) is 0.127. The second-order valence-electron chi connectivity index (χ2n) is 4.65. The maximum Gasteiger partial charge on any atom is 0.333 e. The summed E-state index contributed by atoms with van der Waals surface area (Å²) in [5.74, 6) is -2.69. The second kappa shape index (κ2) is 7.99. The molecule has 1 aromatic rings. The van der Waals surface area contributed by atoms with E-state index in [1.54, 1.807) is 0 Å². The predicted molar refractivity (Wildman–Crippen MR) is 85.4 cm³/mol. The molecule has 0 fully saturated rings. The summed E-state index contributed by atoms with van der Waals surface area (Å²) in [6.45, 7) is 2.64. The first-order chi connectivity index (χ1) is 10.7. The molecule has 0 aromatic heterocycles. The van der Waals surface area contributed by atoms with Crippen molar-refractivity contribution >= 4 is 41.0 Å². The molecule has 1 rings (SSSR count). The molecule has 0 spiro atoms. The molecule has 23 heavy (non-hydrogen) atoms. The molecule has 0 saturated carbocycles. The summed E-state index contributed by atoms with van der Waals surface area (Å²) in [5, 5.41) is 11.9. The topological polar surface area (TPSA) is 92.7 Å². The Bertz CT molecular complexity index is 684. The molecule has 1 aromatic carbocycles. The van der Waals surface area contributed by atoms with Crippen LogP contribution in [0.25, 0.3) is 0 Å². The fraction of sp³-hybridized carbons (Fsp3) is 0.267. The van der Waals surface area contributed by atoms with Crippen LogP contribution >= 0.6 is 23.2 Å². The van der Waals surface area contributed by atoms with Crippen LogP contribution in [-0.2, 0) is 19.1 Å². The molecule has 6 nitrogen and oxygen atoms in total. The number of carbonyl (C=O) groups is 3. The van der Waals surface area contributed by atoms with E-state index in [1.165, 1.54) is 32.0 Å². The van der Waals surface area contributed by atoms with Gasteiger partial charge in [-0.1, -0.05) is 29.3 Å². The third-order valence-electron chi connectivity index (χ3n) is 3.21. The van der Waals surface area contributed by atoms with Gasteiger partial charge in [0.1, 0.15) is 0 Å². The zero-order valence-electron chi connectivity index (χ0n) is 12.6. The highest BCUT2D eigenvalue weighted by Crippen LogP contribution is 2.27. The van der Waals surface area contributed by atoms with Crippen molar-refractivity contribution < 1.29 is 24.2 Å². The van der Waals surface area contributed by atoms with Crippen molar-refractivity contribution in [1.82, 2.24) is 5.32 Å². The third kappa shape index (κ3) is 4.71. The Labute approximate surface area is 143 Å². The van der Waals surface area contributed by atoms with Gasteiger partial charge in [-0.2, -0.15) is 0 Å². The van der Waals surface area contributed by atoms with E-state index in [9.17, 15) is 14.4 Å². The van der Waals surface area contributed by atoms with E-state index in [1.807, 2.05) is 0 Å². The standard InChI is InChI=1S/C15H15Cl2NO5/c1-7(8(2)14(20)21)13(19)18-12(15(22)23-3)10-5-4-9(16)6-11(10)17/h4-6,12H,1-3H3,(H,18,19)(H,20,21)/b8-7-. The van der Waals surface area contributed by atoms with Crippen LogP contribution in [0.2, 0.25) is 10.0 Å². The largest absolute Gasteiger partial charge is 0.478 e. The van der Waals surface area contributed by atoms with Crippen molar-refractivity contribution in [3.05, 3.63) is 45.0 Å². The van der Waals surface area contributed by atoms with Gasteiger partial charge in [-0.25, -0.2) is 9.59 Å². The molecule has 2 N–H and O–H groups in total. The number of benzene rings is 1. The molecule has 0 aliphatic carbocycles. The van der Waals surface area contributed by atoms with Crippen LogP contribution in [-0.4, -0.2) is 30.1 Å². The molecule has 1 unspecified atom stereocenters. The van der Waals surface area contributed by atoms with Crippen LogP contribution in [0.5, 0.6) is 0 Å². The van der Waals surface area contributed by atoms with Gasteiger partial charge in [0.15, 0.2) is 6.04 Å². The number of carboxylic acid groups (broad SMARTS) is 1. The number of hydrogen-bond acceptors (Lipinski definition) is 4. The maximum atomic E-state index is 12.2. The average Bonchev–Trinajstić information content (AvgIpc) is 2.50. The molecule has 124 valence electrons. The van der Waals surface area contributed by atoms with Gasteiger partial charge in [0.2, 0.25) is 5.91 Å². The van der Waals surface area contributed by atoms with Crippen LogP contribution in [0.4, 0.5) is 0 Å². The fourth-order valence-corrected chi connectivity index (χ4v) is 2.20. The zero-order valence-corrected chi connectivity index (χ0v) is 14.2. The van der Waals surface area contributed by atoms with Gasteiger partial charge in [0.25, 0.3) is 0 Å². The highest BCUT2D eigenvalue weighted by atomic mass is 35.5. The molecule has 8 heteroatoms. The minimum absolute atomic E-state index is 0.0310. The number of hydrogen-bond donors (Lipinski definition) is 2. The van der Waals surface area contributed by atoms with Crippen LogP contribution in [0.15, 0.2) is 29.3 Å². The van der Waals surface area contributed by atoms with Gasteiger partial charge in [-0.05, 0) is 26.0 Å². The van der Waals surface area contributed by atoms with E-state index in [-0.39, 0.29) is 21.7 Å². The van der Waals surface area contributed by atoms with E-state index in [0.29, 0.717) is 5.02 Å². The lowest BCUT2D eigenvalue weighted by molar-refractivity contribution is -0.144. The SMILES string of the molecule is COC(=O)C(NC(=O)/C(C)=C(/C)C(=O)O)c1ccc(Cl)cc1Cl. The minimum Gasteiger partial charge on any atom is -0.478 e. The van der Waals surface area contributed by atoms with Crippen molar-refractivity contribution in [2.24, 2.45) is 0 Å². The molecule has 0 radical (unpaired) electrons. The number of halogens is 2. The quantitative estimate of drug-likeness (QED) is 0.622. The van der Waals surface area contributed by atoms with Crippen LogP contribution in [0.3, 0.4) is 0 Å². The fourth-order valence-electron chi connectivity index (χ4n) is 1.69. The van der Waals surface area contributed by atoms with Crippen molar-refractivity contribution in [3.8, 4) is 0 Å². The summed E-state index contributed by atoms with van der Waals surface area (Å²) in [4.78, 5) is 35.0. The number of rotatable bonds is 5. The number of carbonyl (C=O) groups excluding carboxylic acids is 2. The number of ether oxygens (including phenoxy) is 1. The lowest BCUT2D eigenvalue weighted by Crippen LogP contribution is -2.35. The number of esters is 1. The van der Waals surface area contributed by atoms with E-state index >= 15 is 0 Å². The summed E-state index contributed by atoms with van der Waals surface area (Å²) in [7, 11) is 1.16. The monoisotopic (exact) mass is 359 g/mol. The first-order valence-electron chi connectivity index (χ1n) is 6.43. The molecule has 1 amide bonds. The number of methoxy groups -OCH3 is 1. The van der Waals surface area contributed by atoms with Gasteiger partial charge in [0, 0.05) is 26.8 Å². The Morgan fingerprint density at radius 3 is 2.26 bits per heavy atom. The van der Waals surface area contributed by atoms with E-state index in [4.69, 9.17) is 28.3 Å². The average molecular weight is 360 g/mol. The minimum atomic E-state index is -1.23. The van der Waals surface area contributed by atoms with Gasteiger partial charge in [0.05, 0.1) is 7.11 Å². The Morgan fingerprint density at radius 1 is 1.17 bits per heavy atom. The Kier molecular flexibility index (Phi) is 6.60. The molecule has 0 aliphatic heterocycles. The van der Waals surface area contributed by atoms with E-state index in [0.717, 1.165) is 7.11 Å². The van der Waals surface area contributed by atoms with E-state index in [2.05, 4.69) is 10.1 Å². The molecular weight excluding hydrogens is 345 g/mol. The highest BCUT2D eigenvalue weighted by molar-refractivity contribution is 6.35. The lowest BCUT2D eigenvalue weighted by atomic mass is 10.1. The summed E-state index contributed by atoms with van der Waals surface area (Å²) >= 11 is 11.9. The van der Waals surface area contributed by atoms with Crippen LogP contribution in [0.1, 0.15) is 25.5 Å². The van der Waals surface area contributed by atoms with Gasteiger partial charge < -0.3 is 15.2 Å². The summed E-state index contributed by atoms with van der Waals surface area (Å²) in [6, 6.07) is 3.23.